The maximum Gasteiger partial charge on any atom is 0.0640 e. The molecule has 7 aromatic carbocycles. The van der Waals surface area contributed by atoms with Crippen LogP contribution in [0.15, 0.2) is 176 Å². The van der Waals surface area contributed by atoms with E-state index in [4.69, 9.17) is 0 Å². The van der Waals surface area contributed by atoms with Crippen molar-refractivity contribution in [2.75, 3.05) is 9.80 Å². The Hall–Kier alpha value is -5.94. The summed E-state index contributed by atoms with van der Waals surface area (Å²) >= 11 is 3.78. The molecule has 1 aliphatic rings. The minimum atomic E-state index is 1.11. The molecule has 4 heteroatoms. The van der Waals surface area contributed by atoms with Gasteiger partial charge in [0.25, 0.3) is 0 Å². The molecule has 0 saturated carbocycles. The first kappa shape index (κ1) is 30.8. The first-order valence-electron chi connectivity index (χ1n) is 17.8. The average molecular weight is 703 g/mol. The SMILES string of the molecule is C1=Cc2sc3c(N(c4ccccc4)c4ccc(-c5ccc(N(c6ccccc6)c6cccc7c6sc6ccccc67)cc5)cc4)cccc3c2CC1. The molecule has 10 rings (SSSR count). The van der Waals surface area contributed by atoms with E-state index in [2.05, 4.69) is 192 Å². The lowest BCUT2D eigenvalue weighted by atomic mass is 10.0. The lowest BCUT2D eigenvalue weighted by molar-refractivity contribution is 1.01. The summed E-state index contributed by atoms with van der Waals surface area (Å²) in [6.07, 6.45) is 6.84. The highest BCUT2D eigenvalue weighted by Crippen LogP contribution is 2.47. The second-order valence-electron chi connectivity index (χ2n) is 13.2. The molecule has 9 aromatic rings. The molecule has 2 heterocycles. The molecule has 0 N–H and O–H groups in total. The molecule has 0 bridgehead atoms. The van der Waals surface area contributed by atoms with Crippen molar-refractivity contribution in [1.29, 1.82) is 0 Å². The summed E-state index contributed by atoms with van der Waals surface area (Å²) < 4.78 is 3.95. The van der Waals surface area contributed by atoms with Crippen molar-refractivity contribution in [3.05, 3.63) is 186 Å². The van der Waals surface area contributed by atoms with Gasteiger partial charge in [-0.05, 0) is 108 Å². The third-order valence-electron chi connectivity index (χ3n) is 10.1. The van der Waals surface area contributed by atoms with Crippen LogP contribution in [0.3, 0.4) is 0 Å². The molecule has 2 nitrogen and oxygen atoms in total. The van der Waals surface area contributed by atoms with Crippen molar-refractivity contribution in [2.24, 2.45) is 0 Å². The van der Waals surface area contributed by atoms with Crippen LogP contribution in [0.25, 0.3) is 47.5 Å². The van der Waals surface area contributed by atoms with Gasteiger partial charge in [-0.2, -0.15) is 0 Å². The highest BCUT2D eigenvalue weighted by Gasteiger charge is 2.21. The van der Waals surface area contributed by atoms with Crippen LogP contribution >= 0.6 is 22.7 Å². The molecule has 2 aromatic heterocycles. The van der Waals surface area contributed by atoms with Crippen LogP contribution in [0.1, 0.15) is 16.9 Å². The molecule has 0 radical (unpaired) electrons. The van der Waals surface area contributed by atoms with Crippen molar-refractivity contribution in [3.8, 4) is 11.1 Å². The normalized spacial score (nSPS) is 12.4. The van der Waals surface area contributed by atoms with Gasteiger partial charge >= 0.3 is 0 Å². The number of fused-ring (bicyclic) bond motifs is 6. The Balaban J connectivity index is 1.02. The topological polar surface area (TPSA) is 6.48 Å². The van der Waals surface area contributed by atoms with Gasteiger partial charge in [0.15, 0.2) is 0 Å². The van der Waals surface area contributed by atoms with Crippen LogP contribution < -0.4 is 9.80 Å². The van der Waals surface area contributed by atoms with Crippen LogP contribution in [-0.2, 0) is 6.42 Å². The van der Waals surface area contributed by atoms with Crippen molar-refractivity contribution in [1.82, 2.24) is 0 Å². The van der Waals surface area contributed by atoms with Crippen LogP contribution in [0.2, 0.25) is 0 Å². The van der Waals surface area contributed by atoms with Gasteiger partial charge in [0.05, 0.1) is 20.8 Å². The third kappa shape index (κ3) is 5.31. The molecule has 52 heavy (non-hydrogen) atoms. The first-order chi connectivity index (χ1) is 25.8. The molecule has 0 atom stereocenters. The van der Waals surface area contributed by atoms with E-state index in [0.29, 0.717) is 0 Å². The zero-order chi connectivity index (χ0) is 34.4. The number of rotatable bonds is 7. The van der Waals surface area contributed by atoms with E-state index in [1.54, 1.807) is 0 Å². The van der Waals surface area contributed by atoms with Gasteiger partial charge in [-0.15, -0.1) is 22.7 Å². The van der Waals surface area contributed by atoms with Gasteiger partial charge < -0.3 is 9.80 Å². The Morgan fingerprint density at radius 1 is 0.404 bits per heavy atom. The van der Waals surface area contributed by atoms with Crippen molar-refractivity contribution in [2.45, 2.75) is 12.8 Å². The fraction of sp³-hybridized carbons (Fsp3) is 0.0417. The number of aryl methyl sites for hydroxylation is 1. The van der Waals surface area contributed by atoms with Gasteiger partial charge in [-0.25, -0.2) is 0 Å². The largest absolute Gasteiger partial charge is 0.309 e. The van der Waals surface area contributed by atoms with E-state index < -0.39 is 0 Å². The number of anilines is 6. The summed E-state index contributed by atoms with van der Waals surface area (Å²) in [6, 6.07) is 61.7. The molecule has 0 saturated heterocycles. The highest BCUT2D eigenvalue weighted by molar-refractivity contribution is 7.26. The Morgan fingerprint density at radius 3 is 1.52 bits per heavy atom. The lowest BCUT2D eigenvalue weighted by Gasteiger charge is -2.27. The van der Waals surface area contributed by atoms with Crippen LogP contribution in [0, 0.1) is 0 Å². The Bertz CT molecular complexity index is 2720. The lowest BCUT2D eigenvalue weighted by Crippen LogP contribution is -2.10. The van der Waals surface area contributed by atoms with Crippen molar-refractivity contribution < 1.29 is 0 Å². The number of hydrogen-bond donors (Lipinski definition) is 0. The number of nitrogens with zero attached hydrogens (tertiary/aromatic N) is 2. The van der Waals surface area contributed by atoms with Crippen LogP contribution in [0.4, 0.5) is 34.1 Å². The van der Waals surface area contributed by atoms with E-state index in [1.165, 1.54) is 63.2 Å². The van der Waals surface area contributed by atoms with Crippen molar-refractivity contribution >= 4 is 93.1 Å². The van der Waals surface area contributed by atoms with Crippen LogP contribution in [-0.4, -0.2) is 0 Å². The van der Waals surface area contributed by atoms with Crippen LogP contribution in [0.5, 0.6) is 0 Å². The summed E-state index contributed by atoms with van der Waals surface area (Å²) in [5, 5.41) is 3.99. The molecule has 1 aliphatic carbocycles. The maximum absolute atomic E-state index is 2.41. The molecule has 248 valence electrons. The molecule has 0 amide bonds. The number of thiophene rings is 2. The third-order valence-corrected chi connectivity index (χ3v) is 12.6. The summed E-state index contributed by atoms with van der Waals surface area (Å²) in [7, 11) is 0. The summed E-state index contributed by atoms with van der Waals surface area (Å²) in [5.41, 5.74) is 10.9. The minimum Gasteiger partial charge on any atom is -0.309 e. The Kier molecular flexibility index (Phi) is 7.71. The van der Waals surface area contributed by atoms with E-state index >= 15 is 0 Å². The predicted octanol–water partition coefficient (Wildman–Crippen LogP) is 14.8. The van der Waals surface area contributed by atoms with Gasteiger partial charge in [-0.3, -0.25) is 0 Å². The van der Waals surface area contributed by atoms with E-state index in [0.717, 1.165) is 35.6 Å². The van der Waals surface area contributed by atoms with E-state index in [1.807, 2.05) is 22.7 Å². The number of benzene rings is 7. The zero-order valence-electron chi connectivity index (χ0n) is 28.4. The Morgan fingerprint density at radius 2 is 0.904 bits per heavy atom. The molecule has 0 fully saturated rings. The standard InChI is InChI=1S/C48H34N2S2/c1-3-13-35(14-4-1)49(43-21-11-19-41-39-17-7-9-23-45(39)51-47(41)43)37-29-25-33(26-30-37)34-27-31-38(32-28-34)50(36-15-5-2-6-16-36)44-22-12-20-42-40-18-8-10-24-46(40)52-48(42)44/h1-7,9-17,19-32H,8,18H2. The fourth-order valence-corrected chi connectivity index (χ4v) is 10.2. The average Bonchev–Trinajstić information content (AvgIpc) is 3.79. The second kappa shape index (κ2) is 13.0. The van der Waals surface area contributed by atoms with E-state index in [-0.39, 0.29) is 0 Å². The minimum absolute atomic E-state index is 1.11. The smallest absolute Gasteiger partial charge is 0.0640 e. The van der Waals surface area contributed by atoms with Crippen molar-refractivity contribution in [3.63, 3.8) is 0 Å². The summed E-state index contributed by atoms with van der Waals surface area (Å²) in [6.45, 7) is 0. The summed E-state index contributed by atoms with van der Waals surface area (Å²) in [5.74, 6) is 0. The van der Waals surface area contributed by atoms with Gasteiger partial charge in [0.1, 0.15) is 0 Å². The number of allylic oxidation sites excluding steroid dienone is 1. The highest BCUT2D eigenvalue weighted by atomic mass is 32.1. The predicted molar refractivity (Wildman–Crippen MR) is 227 cm³/mol. The molecule has 0 spiro atoms. The molecular formula is C48H34N2S2. The molecular weight excluding hydrogens is 669 g/mol. The zero-order valence-corrected chi connectivity index (χ0v) is 30.1. The monoisotopic (exact) mass is 702 g/mol. The number of para-hydroxylation sites is 2. The second-order valence-corrected chi connectivity index (χ2v) is 15.3. The molecule has 0 aliphatic heterocycles. The fourth-order valence-electron chi connectivity index (χ4n) is 7.68. The van der Waals surface area contributed by atoms with E-state index in [9.17, 15) is 0 Å². The summed E-state index contributed by atoms with van der Waals surface area (Å²) in [4.78, 5) is 6.20. The van der Waals surface area contributed by atoms with Gasteiger partial charge in [0, 0.05) is 43.1 Å². The van der Waals surface area contributed by atoms with Gasteiger partial charge in [0.2, 0.25) is 0 Å². The molecule has 0 unspecified atom stereocenters. The maximum atomic E-state index is 2.41. The Labute approximate surface area is 311 Å². The van der Waals surface area contributed by atoms with Gasteiger partial charge in [-0.1, -0.05) is 109 Å². The first-order valence-corrected chi connectivity index (χ1v) is 19.5. The quantitative estimate of drug-likeness (QED) is 0.163. The number of hydrogen-bond acceptors (Lipinski definition) is 4.